The van der Waals surface area contributed by atoms with Crippen molar-refractivity contribution in [2.24, 2.45) is 5.92 Å². The number of benzene rings is 1. The maximum absolute atomic E-state index is 12.2. The molecule has 2 unspecified atom stereocenters. The van der Waals surface area contributed by atoms with Gasteiger partial charge < -0.3 is 34.3 Å². The zero-order valence-corrected chi connectivity index (χ0v) is 16.6. The summed E-state index contributed by atoms with van der Waals surface area (Å²) in [6.07, 6.45) is 1.04. The summed E-state index contributed by atoms with van der Waals surface area (Å²) in [7, 11) is 0. The van der Waals surface area contributed by atoms with Gasteiger partial charge in [-0.05, 0) is 18.6 Å². The van der Waals surface area contributed by atoms with Crippen molar-refractivity contribution in [1.82, 2.24) is 15.5 Å². The van der Waals surface area contributed by atoms with Crippen LogP contribution in [0.25, 0.3) is 0 Å². The van der Waals surface area contributed by atoms with Crippen LogP contribution in [-0.2, 0) is 9.47 Å². The lowest BCUT2D eigenvalue weighted by atomic mass is 9.97. The van der Waals surface area contributed by atoms with Gasteiger partial charge >= 0.3 is 6.03 Å². The first-order valence-electron chi connectivity index (χ1n) is 10.2. The van der Waals surface area contributed by atoms with Gasteiger partial charge in [0.1, 0.15) is 12.4 Å². The van der Waals surface area contributed by atoms with Gasteiger partial charge in [0.2, 0.25) is 6.79 Å². The van der Waals surface area contributed by atoms with E-state index >= 15 is 0 Å². The van der Waals surface area contributed by atoms with Crippen molar-refractivity contribution in [1.29, 1.82) is 0 Å². The van der Waals surface area contributed by atoms with Crippen LogP contribution in [0.3, 0.4) is 0 Å². The highest BCUT2D eigenvalue weighted by molar-refractivity contribution is 5.73. The van der Waals surface area contributed by atoms with Crippen molar-refractivity contribution >= 4 is 6.03 Å². The molecular weight excluding hydrogens is 378 g/mol. The fourth-order valence-corrected chi connectivity index (χ4v) is 3.92. The smallest absolute Gasteiger partial charge is 0.314 e. The van der Waals surface area contributed by atoms with Crippen LogP contribution in [0, 0.1) is 5.92 Å². The number of rotatable bonds is 8. The van der Waals surface area contributed by atoms with E-state index in [1.807, 2.05) is 12.1 Å². The van der Waals surface area contributed by atoms with Crippen LogP contribution >= 0.6 is 0 Å². The fourth-order valence-electron chi connectivity index (χ4n) is 3.92. The molecule has 1 aromatic carbocycles. The van der Waals surface area contributed by atoms with Gasteiger partial charge in [0, 0.05) is 44.3 Å². The van der Waals surface area contributed by atoms with Crippen LogP contribution < -0.4 is 24.8 Å². The molecule has 2 amide bonds. The Balaban J connectivity index is 1.17. The second-order valence-corrected chi connectivity index (χ2v) is 7.34. The van der Waals surface area contributed by atoms with E-state index in [4.69, 9.17) is 23.7 Å². The maximum atomic E-state index is 12.2. The Morgan fingerprint density at radius 1 is 1.14 bits per heavy atom. The minimum absolute atomic E-state index is 0.184. The number of carbonyl (C=O) groups excluding carboxylic acids is 1. The first-order valence-corrected chi connectivity index (χ1v) is 10.2. The predicted octanol–water partition coefficient (Wildman–Crippen LogP) is 0.831. The summed E-state index contributed by atoms with van der Waals surface area (Å²) >= 11 is 0. The molecule has 3 aliphatic heterocycles. The van der Waals surface area contributed by atoms with Crippen molar-refractivity contribution in [2.75, 3.05) is 66.0 Å². The van der Waals surface area contributed by atoms with Crippen LogP contribution in [-0.4, -0.2) is 83.0 Å². The molecule has 9 heteroatoms. The standard InChI is InChI=1S/C20H29N3O6/c24-20(21-4-8-27-16-1-2-18-19(11-16)29-14-28-18)22-12-17(15-3-7-26-13-15)23-5-9-25-10-6-23/h1-2,11,15,17H,3-10,12-14H2,(H2,21,22,24). The zero-order chi connectivity index (χ0) is 19.9. The van der Waals surface area contributed by atoms with Crippen LogP contribution in [0.1, 0.15) is 6.42 Å². The van der Waals surface area contributed by atoms with Crippen molar-refractivity contribution in [3.63, 3.8) is 0 Å². The van der Waals surface area contributed by atoms with E-state index in [2.05, 4.69) is 15.5 Å². The van der Waals surface area contributed by atoms with Gasteiger partial charge in [-0.1, -0.05) is 0 Å². The molecule has 0 spiro atoms. The molecule has 2 N–H and O–H groups in total. The van der Waals surface area contributed by atoms with Crippen molar-refractivity contribution < 1.29 is 28.5 Å². The SMILES string of the molecule is O=C(NCCOc1ccc2c(c1)OCO2)NCC(C1CCOC1)N1CCOCC1. The third-order valence-corrected chi connectivity index (χ3v) is 5.50. The van der Waals surface area contributed by atoms with Crippen molar-refractivity contribution in [3.05, 3.63) is 18.2 Å². The molecule has 3 heterocycles. The quantitative estimate of drug-likeness (QED) is 0.617. The predicted molar refractivity (Wildman–Crippen MR) is 105 cm³/mol. The Bertz CT molecular complexity index is 676. The molecule has 0 saturated carbocycles. The summed E-state index contributed by atoms with van der Waals surface area (Å²) < 4.78 is 27.3. The van der Waals surface area contributed by atoms with Crippen LogP contribution in [0.5, 0.6) is 17.2 Å². The maximum Gasteiger partial charge on any atom is 0.314 e. The first-order chi connectivity index (χ1) is 14.3. The molecule has 1 aromatic rings. The number of hydrogen-bond acceptors (Lipinski definition) is 7. The van der Waals surface area contributed by atoms with Gasteiger partial charge in [-0.15, -0.1) is 0 Å². The van der Waals surface area contributed by atoms with E-state index in [9.17, 15) is 4.79 Å². The number of nitrogens with one attached hydrogen (secondary N) is 2. The number of morpholine rings is 1. The molecular formula is C20H29N3O6. The van der Waals surface area contributed by atoms with Crippen molar-refractivity contribution in [3.8, 4) is 17.2 Å². The van der Waals surface area contributed by atoms with E-state index in [1.54, 1.807) is 6.07 Å². The average molecular weight is 407 g/mol. The summed E-state index contributed by atoms with van der Waals surface area (Å²) in [4.78, 5) is 14.6. The molecule has 3 aliphatic rings. The number of carbonyl (C=O) groups is 1. The number of fused-ring (bicyclic) bond motifs is 1. The van der Waals surface area contributed by atoms with E-state index < -0.39 is 0 Å². The van der Waals surface area contributed by atoms with Gasteiger partial charge in [-0.3, -0.25) is 4.90 Å². The Kier molecular flexibility index (Phi) is 6.91. The van der Waals surface area contributed by atoms with E-state index in [-0.39, 0.29) is 18.9 Å². The second-order valence-electron chi connectivity index (χ2n) is 7.34. The first kappa shape index (κ1) is 20.1. The van der Waals surface area contributed by atoms with Crippen LogP contribution in [0.2, 0.25) is 0 Å². The zero-order valence-electron chi connectivity index (χ0n) is 16.6. The third kappa shape index (κ3) is 5.43. The Morgan fingerprint density at radius 3 is 2.83 bits per heavy atom. The molecule has 2 fully saturated rings. The van der Waals surface area contributed by atoms with E-state index in [0.717, 1.165) is 51.7 Å². The van der Waals surface area contributed by atoms with Crippen LogP contribution in [0.15, 0.2) is 18.2 Å². The lowest BCUT2D eigenvalue weighted by molar-refractivity contribution is 0.00212. The molecule has 2 atom stereocenters. The van der Waals surface area contributed by atoms with Gasteiger partial charge in [-0.2, -0.15) is 0 Å². The Morgan fingerprint density at radius 2 is 2.00 bits per heavy atom. The minimum Gasteiger partial charge on any atom is -0.492 e. The van der Waals surface area contributed by atoms with Gasteiger partial charge in [0.05, 0.1) is 26.4 Å². The molecule has 0 bridgehead atoms. The Hall–Kier alpha value is -2.23. The summed E-state index contributed by atoms with van der Waals surface area (Å²) in [6.45, 7) is 6.46. The highest BCUT2D eigenvalue weighted by atomic mass is 16.7. The van der Waals surface area contributed by atoms with Gasteiger partial charge in [-0.25, -0.2) is 4.79 Å². The highest BCUT2D eigenvalue weighted by Gasteiger charge is 2.31. The molecule has 160 valence electrons. The number of ether oxygens (including phenoxy) is 5. The lowest BCUT2D eigenvalue weighted by Crippen LogP contribution is -2.53. The fraction of sp³-hybridized carbons (Fsp3) is 0.650. The Labute approximate surface area is 170 Å². The lowest BCUT2D eigenvalue weighted by Gasteiger charge is -2.37. The average Bonchev–Trinajstić information content (AvgIpc) is 3.44. The summed E-state index contributed by atoms with van der Waals surface area (Å²) in [5.41, 5.74) is 0. The topological polar surface area (TPSA) is 90.5 Å². The normalized spacial score (nSPS) is 22.3. The van der Waals surface area contributed by atoms with Gasteiger partial charge in [0.15, 0.2) is 11.5 Å². The molecule has 0 radical (unpaired) electrons. The summed E-state index contributed by atoms with van der Waals surface area (Å²) in [6, 6.07) is 5.52. The largest absolute Gasteiger partial charge is 0.492 e. The second kappa shape index (κ2) is 10.00. The summed E-state index contributed by atoms with van der Waals surface area (Å²) in [5.74, 6) is 2.53. The van der Waals surface area contributed by atoms with Crippen LogP contribution in [0.4, 0.5) is 4.79 Å². The van der Waals surface area contributed by atoms with E-state index in [0.29, 0.717) is 37.1 Å². The van der Waals surface area contributed by atoms with Gasteiger partial charge in [0.25, 0.3) is 0 Å². The number of amides is 2. The molecule has 0 aromatic heterocycles. The molecule has 29 heavy (non-hydrogen) atoms. The molecule has 9 nitrogen and oxygen atoms in total. The molecule has 4 rings (SSSR count). The monoisotopic (exact) mass is 407 g/mol. The minimum atomic E-state index is -0.184. The number of urea groups is 1. The molecule has 0 aliphatic carbocycles. The summed E-state index contributed by atoms with van der Waals surface area (Å²) in [5, 5.41) is 5.86. The van der Waals surface area contributed by atoms with Crippen molar-refractivity contribution in [2.45, 2.75) is 12.5 Å². The molecule has 2 saturated heterocycles. The highest BCUT2D eigenvalue weighted by Crippen LogP contribution is 2.35. The number of hydrogen-bond donors (Lipinski definition) is 2. The van der Waals surface area contributed by atoms with E-state index in [1.165, 1.54) is 0 Å². The third-order valence-electron chi connectivity index (χ3n) is 5.50. The number of nitrogens with zero attached hydrogens (tertiary/aromatic N) is 1.